The van der Waals surface area contributed by atoms with Gasteiger partial charge >= 0.3 is 0 Å². The predicted molar refractivity (Wildman–Crippen MR) is 56.8 cm³/mol. The van der Waals surface area contributed by atoms with Crippen LogP contribution in [0.15, 0.2) is 42.5 Å². The fourth-order valence-electron chi connectivity index (χ4n) is 2.06. The summed E-state index contributed by atoms with van der Waals surface area (Å²) in [6.07, 6.45) is 2.52. The number of benzene rings is 2. The van der Waals surface area contributed by atoms with Gasteiger partial charge in [0.2, 0.25) is 0 Å². The van der Waals surface area contributed by atoms with E-state index >= 15 is 0 Å². The SMILES string of the molecule is FC1C=Cc2cccc3cccc1c23. The first-order valence-corrected chi connectivity index (χ1v) is 4.70. The Bertz CT molecular complexity index is 520. The smallest absolute Gasteiger partial charge is 0.144 e. The molecular weight excluding hydrogens is 175 g/mol. The van der Waals surface area contributed by atoms with Crippen molar-refractivity contribution in [3.8, 4) is 0 Å². The molecule has 0 bridgehead atoms. The zero-order valence-corrected chi connectivity index (χ0v) is 7.57. The molecule has 0 fully saturated rings. The standard InChI is InChI=1S/C13H9F/c14-12-8-7-10-4-1-3-9-5-2-6-11(12)13(9)10/h1-8,12H. The van der Waals surface area contributed by atoms with E-state index in [9.17, 15) is 4.39 Å². The third kappa shape index (κ3) is 0.925. The molecule has 2 aromatic rings. The summed E-state index contributed by atoms with van der Waals surface area (Å²) in [5, 5.41) is 2.18. The molecule has 0 heterocycles. The van der Waals surface area contributed by atoms with Crippen LogP contribution in [0.4, 0.5) is 4.39 Å². The summed E-state index contributed by atoms with van der Waals surface area (Å²) in [5.74, 6) is 0. The van der Waals surface area contributed by atoms with Crippen LogP contribution in [-0.2, 0) is 0 Å². The summed E-state index contributed by atoms with van der Waals surface area (Å²) < 4.78 is 13.6. The van der Waals surface area contributed by atoms with Gasteiger partial charge in [0.1, 0.15) is 6.17 Å². The van der Waals surface area contributed by atoms with E-state index in [4.69, 9.17) is 0 Å². The second-order valence-electron chi connectivity index (χ2n) is 3.55. The van der Waals surface area contributed by atoms with Gasteiger partial charge in [-0.2, -0.15) is 0 Å². The van der Waals surface area contributed by atoms with Gasteiger partial charge in [0.25, 0.3) is 0 Å². The third-order valence-electron chi connectivity index (χ3n) is 2.71. The largest absolute Gasteiger partial charge is 0.238 e. The van der Waals surface area contributed by atoms with E-state index in [1.165, 1.54) is 0 Å². The van der Waals surface area contributed by atoms with Gasteiger partial charge in [-0.25, -0.2) is 4.39 Å². The van der Waals surface area contributed by atoms with Crippen molar-refractivity contribution in [1.82, 2.24) is 0 Å². The summed E-state index contributed by atoms with van der Waals surface area (Å²) in [7, 11) is 0. The van der Waals surface area contributed by atoms with E-state index in [0.29, 0.717) is 0 Å². The molecule has 0 saturated heterocycles. The molecule has 0 spiro atoms. The molecule has 2 aromatic carbocycles. The molecule has 1 atom stereocenters. The van der Waals surface area contributed by atoms with Crippen molar-refractivity contribution in [3.63, 3.8) is 0 Å². The highest BCUT2D eigenvalue weighted by Crippen LogP contribution is 2.34. The molecule has 0 nitrogen and oxygen atoms in total. The number of allylic oxidation sites excluding steroid dienone is 1. The van der Waals surface area contributed by atoms with Crippen LogP contribution in [0.3, 0.4) is 0 Å². The van der Waals surface area contributed by atoms with Gasteiger partial charge in [-0.1, -0.05) is 42.5 Å². The Balaban J connectivity index is 2.52. The highest BCUT2D eigenvalue weighted by atomic mass is 19.1. The van der Waals surface area contributed by atoms with Gasteiger partial charge in [-0.05, 0) is 28.0 Å². The molecule has 0 radical (unpaired) electrons. The molecule has 0 N–H and O–H groups in total. The summed E-state index contributed by atoms with van der Waals surface area (Å²) in [4.78, 5) is 0. The van der Waals surface area contributed by atoms with Gasteiger partial charge in [-0.3, -0.25) is 0 Å². The summed E-state index contributed by atoms with van der Waals surface area (Å²) >= 11 is 0. The highest BCUT2D eigenvalue weighted by molar-refractivity contribution is 5.95. The van der Waals surface area contributed by atoms with Gasteiger partial charge in [0, 0.05) is 0 Å². The molecule has 68 valence electrons. The molecule has 0 aliphatic heterocycles. The average molecular weight is 184 g/mol. The Morgan fingerprint density at radius 2 is 1.79 bits per heavy atom. The van der Waals surface area contributed by atoms with Crippen molar-refractivity contribution < 1.29 is 4.39 Å². The molecule has 14 heavy (non-hydrogen) atoms. The van der Waals surface area contributed by atoms with Crippen LogP contribution in [0.25, 0.3) is 16.8 Å². The van der Waals surface area contributed by atoms with Crippen molar-refractivity contribution in [3.05, 3.63) is 53.6 Å². The molecule has 0 amide bonds. The number of rotatable bonds is 0. The molecule has 1 aliphatic rings. The van der Waals surface area contributed by atoms with E-state index in [2.05, 4.69) is 0 Å². The molecule has 1 unspecified atom stereocenters. The lowest BCUT2D eigenvalue weighted by Gasteiger charge is -2.15. The zero-order valence-electron chi connectivity index (χ0n) is 7.57. The molecule has 0 saturated carbocycles. The van der Waals surface area contributed by atoms with Crippen molar-refractivity contribution in [2.24, 2.45) is 0 Å². The van der Waals surface area contributed by atoms with Crippen molar-refractivity contribution in [1.29, 1.82) is 0 Å². The minimum atomic E-state index is -0.950. The van der Waals surface area contributed by atoms with E-state index in [1.54, 1.807) is 6.08 Å². The third-order valence-corrected chi connectivity index (χ3v) is 2.71. The maximum atomic E-state index is 13.6. The lowest BCUT2D eigenvalue weighted by atomic mass is 9.92. The Morgan fingerprint density at radius 3 is 2.64 bits per heavy atom. The number of hydrogen-bond acceptors (Lipinski definition) is 0. The molecule has 3 rings (SSSR count). The summed E-state index contributed by atoms with van der Waals surface area (Å²) in [6, 6.07) is 11.8. The number of halogens is 1. The van der Waals surface area contributed by atoms with E-state index in [0.717, 1.165) is 21.9 Å². The first-order chi connectivity index (χ1) is 6.86. The van der Waals surface area contributed by atoms with Crippen LogP contribution >= 0.6 is 0 Å². The first kappa shape index (κ1) is 7.74. The topological polar surface area (TPSA) is 0 Å². The van der Waals surface area contributed by atoms with Gasteiger partial charge < -0.3 is 0 Å². The Labute approximate surface area is 81.7 Å². The van der Waals surface area contributed by atoms with Crippen LogP contribution in [0, 0.1) is 0 Å². The lowest BCUT2D eigenvalue weighted by Crippen LogP contribution is -1.95. The van der Waals surface area contributed by atoms with Crippen LogP contribution in [0.1, 0.15) is 17.3 Å². The zero-order chi connectivity index (χ0) is 9.54. The quantitative estimate of drug-likeness (QED) is 0.583. The van der Waals surface area contributed by atoms with E-state index in [1.807, 2.05) is 42.5 Å². The number of hydrogen-bond donors (Lipinski definition) is 0. The minimum absolute atomic E-state index is 0.792. The first-order valence-electron chi connectivity index (χ1n) is 4.70. The van der Waals surface area contributed by atoms with Crippen LogP contribution in [-0.4, -0.2) is 0 Å². The fraction of sp³-hybridized carbons (Fsp3) is 0.0769. The fourth-order valence-corrected chi connectivity index (χ4v) is 2.06. The molecular formula is C13H9F. The van der Waals surface area contributed by atoms with Crippen LogP contribution in [0.2, 0.25) is 0 Å². The lowest BCUT2D eigenvalue weighted by molar-refractivity contribution is 0.417. The summed E-state index contributed by atoms with van der Waals surface area (Å²) in [5.41, 5.74) is 1.91. The Morgan fingerprint density at radius 1 is 1.00 bits per heavy atom. The van der Waals surface area contributed by atoms with Gasteiger partial charge in [0.15, 0.2) is 0 Å². The molecule has 1 heteroatoms. The van der Waals surface area contributed by atoms with Crippen LogP contribution < -0.4 is 0 Å². The Kier molecular flexibility index (Phi) is 1.48. The monoisotopic (exact) mass is 184 g/mol. The predicted octanol–water partition coefficient (Wildman–Crippen LogP) is 3.88. The van der Waals surface area contributed by atoms with Gasteiger partial charge in [0.05, 0.1) is 0 Å². The van der Waals surface area contributed by atoms with Crippen molar-refractivity contribution in [2.75, 3.05) is 0 Å². The number of alkyl halides is 1. The van der Waals surface area contributed by atoms with Crippen molar-refractivity contribution in [2.45, 2.75) is 6.17 Å². The maximum Gasteiger partial charge on any atom is 0.144 e. The minimum Gasteiger partial charge on any atom is -0.238 e. The second-order valence-corrected chi connectivity index (χ2v) is 3.55. The Hall–Kier alpha value is -1.63. The normalized spacial score (nSPS) is 18.8. The molecule has 1 aliphatic carbocycles. The van der Waals surface area contributed by atoms with E-state index in [-0.39, 0.29) is 0 Å². The molecule has 0 aromatic heterocycles. The average Bonchev–Trinajstić information content (AvgIpc) is 2.24. The highest BCUT2D eigenvalue weighted by Gasteiger charge is 2.15. The van der Waals surface area contributed by atoms with Crippen LogP contribution in [0.5, 0.6) is 0 Å². The summed E-state index contributed by atoms with van der Waals surface area (Å²) in [6.45, 7) is 0. The van der Waals surface area contributed by atoms with Gasteiger partial charge in [-0.15, -0.1) is 0 Å². The maximum absolute atomic E-state index is 13.6. The van der Waals surface area contributed by atoms with Crippen molar-refractivity contribution >= 4 is 16.8 Å². The van der Waals surface area contributed by atoms with E-state index < -0.39 is 6.17 Å². The second kappa shape index (κ2) is 2.68.